The second kappa shape index (κ2) is 8.06. The van der Waals surface area contributed by atoms with Crippen molar-refractivity contribution in [3.8, 4) is 0 Å². The number of ketones is 2. The summed E-state index contributed by atoms with van der Waals surface area (Å²) in [4.78, 5) is 31.1. The third kappa shape index (κ3) is 3.32. The number of carbonyl (C=O) groups excluding carboxylic acids is 2. The van der Waals surface area contributed by atoms with Crippen molar-refractivity contribution in [2.75, 3.05) is 20.2 Å². The summed E-state index contributed by atoms with van der Waals surface area (Å²) in [6.45, 7) is 5.87. The summed E-state index contributed by atoms with van der Waals surface area (Å²) in [5.41, 5.74) is 0.960. The van der Waals surface area contributed by atoms with Crippen LogP contribution in [0.2, 0.25) is 0 Å². The number of carbonyl (C=O) groups is 2. The van der Waals surface area contributed by atoms with E-state index in [9.17, 15) is 9.59 Å². The Kier molecular flexibility index (Phi) is 6.26. The normalized spacial score (nSPS) is 43.8. The van der Waals surface area contributed by atoms with Crippen LogP contribution >= 0.6 is 12.4 Å². The monoisotopic (exact) mass is 410 g/mol. The molecule has 1 N–H and O–H groups in total. The molecule has 0 radical (unpaired) electrons. The fourth-order valence-electron chi connectivity index (χ4n) is 6.99. The average molecular weight is 411 g/mol. The summed E-state index contributed by atoms with van der Waals surface area (Å²) in [6.07, 6.45) is 7.23. The number of rotatable bonds is 4. The lowest BCUT2D eigenvalue weighted by atomic mass is 9.45. The lowest BCUT2D eigenvalue weighted by Gasteiger charge is -2.58. The Balaban J connectivity index is 0.00000225. The summed E-state index contributed by atoms with van der Waals surface area (Å²) < 4.78 is 0. The first kappa shape index (κ1) is 21.8. The zero-order valence-corrected chi connectivity index (χ0v) is 18.3. The molecule has 0 aliphatic heterocycles. The van der Waals surface area contributed by atoms with Crippen LogP contribution in [0.4, 0.5) is 0 Å². The molecule has 158 valence electrons. The van der Waals surface area contributed by atoms with Crippen molar-refractivity contribution in [1.82, 2.24) is 5.32 Å². The van der Waals surface area contributed by atoms with E-state index in [4.69, 9.17) is 4.84 Å². The highest BCUT2D eigenvalue weighted by Gasteiger charge is 2.62. The fourth-order valence-corrected chi connectivity index (χ4v) is 6.99. The van der Waals surface area contributed by atoms with E-state index in [-0.39, 0.29) is 29.2 Å². The van der Waals surface area contributed by atoms with E-state index in [0.29, 0.717) is 42.3 Å². The molecule has 4 rings (SSSR count). The van der Waals surface area contributed by atoms with Crippen LogP contribution in [0.3, 0.4) is 0 Å². The van der Waals surface area contributed by atoms with Gasteiger partial charge in [0.2, 0.25) is 0 Å². The van der Waals surface area contributed by atoms with E-state index in [1.807, 2.05) is 7.05 Å². The average Bonchev–Trinajstić information content (AvgIpc) is 2.95. The Labute approximate surface area is 174 Å². The van der Waals surface area contributed by atoms with E-state index in [0.717, 1.165) is 57.2 Å². The predicted octanol–water partition coefficient (Wildman–Crippen LogP) is 3.79. The van der Waals surface area contributed by atoms with Crippen LogP contribution in [-0.4, -0.2) is 37.5 Å². The van der Waals surface area contributed by atoms with Crippen LogP contribution in [0.15, 0.2) is 5.16 Å². The highest BCUT2D eigenvalue weighted by atomic mass is 35.5. The van der Waals surface area contributed by atoms with E-state index in [2.05, 4.69) is 24.3 Å². The summed E-state index contributed by atoms with van der Waals surface area (Å²) in [6, 6.07) is 0. The van der Waals surface area contributed by atoms with Crippen LogP contribution in [0, 0.1) is 34.5 Å². The van der Waals surface area contributed by atoms with Crippen LogP contribution < -0.4 is 5.32 Å². The second-order valence-corrected chi connectivity index (χ2v) is 9.82. The van der Waals surface area contributed by atoms with Gasteiger partial charge in [-0.3, -0.25) is 9.59 Å². The number of likely N-dealkylation sites (N-methyl/N-ethyl adjacent to an activating group) is 1. The number of nitrogens with zero attached hydrogens (tertiary/aromatic N) is 1. The van der Waals surface area contributed by atoms with Crippen LogP contribution in [0.25, 0.3) is 0 Å². The SMILES string of the molecule is CNCCO/N=C1\CC[C@@]2(C)[C@H](C1)C(=O)C[C@@H]1[C@@H]2CC[C@]2(C)C(=O)CC[C@@H]12.Cl. The molecule has 28 heavy (non-hydrogen) atoms. The quantitative estimate of drug-likeness (QED) is 0.565. The van der Waals surface area contributed by atoms with Crippen molar-refractivity contribution in [3.05, 3.63) is 0 Å². The minimum Gasteiger partial charge on any atom is -0.394 e. The number of nitrogens with one attached hydrogen (secondary N) is 1. The molecule has 4 saturated carbocycles. The molecule has 0 spiro atoms. The van der Waals surface area contributed by atoms with Crippen molar-refractivity contribution in [3.63, 3.8) is 0 Å². The zero-order valence-electron chi connectivity index (χ0n) is 17.5. The predicted molar refractivity (Wildman–Crippen MR) is 112 cm³/mol. The van der Waals surface area contributed by atoms with Crippen LogP contribution in [0.5, 0.6) is 0 Å². The van der Waals surface area contributed by atoms with Gasteiger partial charge >= 0.3 is 0 Å². The zero-order chi connectivity index (χ0) is 19.2. The Hall–Kier alpha value is -0.940. The minimum atomic E-state index is -0.160. The Morgan fingerprint density at radius 1 is 1.11 bits per heavy atom. The molecule has 6 heteroatoms. The van der Waals surface area contributed by atoms with Gasteiger partial charge in [0.05, 0.1) is 5.71 Å². The van der Waals surface area contributed by atoms with Crippen molar-refractivity contribution in [1.29, 1.82) is 0 Å². The lowest BCUT2D eigenvalue weighted by Crippen LogP contribution is -2.56. The molecule has 0 saturated heterocycles. The molecule has 0 aromatic heterocycles. The third-order valence-electron chi connectivity index (χ3n) is 8.64. The molecule has 0 unspecified atom stereocenters. The standard InChI is InChI=1S/C22H34N2O3.ClH/c1-21-8-6-14(24-27-11-10-23-3)12-18(21)19(25)13-15-16-4-5-20(26)22(16,2)9-7-17(15)21;/h15-18,23H,4-13H2,1-3H3;1H/b24-14+;/t15-,16-,17-,18+,21+,22-;/m0./s1. The number of oxime groups is 1. The summed E-state index contributed by atoms with van der Waals surface area (Å²) >= 11 is 0. The third-order valence-corrected chi connectivity index (χ3v) is 8.64. The molecular formula is C22H35ClN2O3. The molecule has 0 aromatic carbocycles. The van der Waals surface area contributed by atoms with Crippen LogP contribution in [-0.2, 0) is 14.4 Å². The van der Waals surface area contributed by atoms with E-state index in [1.54, 1.807) is 0 Å². The molecular weight excluding hydrogens is 376 g/mol. The number of hydrogen-bond acceptors (Lipinski definition) is 5. The van der Waals surface area contributed by atoms with E-state index < -0.39 is 0 Å². The fraction of sp³-hybridized carbons (Fsp3) is 0.864. The minimum absolute atomic E-state index is 0. The van der Waals surface area contributed by atoms with E-state index >= 15 is 0 Å². The molecule has 4 aliphatic rings. The Morgan fingerprint density at radius 3 is 2.64 bits per heavy atom. The van der Waals surface area contributed by atoms with Gasteiger partial charge in [0.25, 0.3) is 0 Å². The largest absolute Gasteiger partial charge is 0.394 e. The van der Waals surface area contributed by atoms with Crippen molar-refractivity contribution < 1.29 is 14.4 Å². The Morgan fingerprint density at radius 2 is 1.89 bits per heavy atom. The van der Waals surface area contributed by atoms with Gasteiger partial charge in [-0.05, 0) is 68.7 Å². The smallest absolute Gasteiger partial charge is 0.139 e. The van der Waals surface area contributed by atoms with Gasteiger partial charge in [-0.15, -0.1) is 12.4 Å². The molecule has 0 amide bonds. The van der Waals surface area contributed by atoms with Crippen LogP contribution in [0.1, 0.15) is 65.2 Å². The van der Waals surface area contributed by atoms with Gasteiger partial charge < -0.3 is 10.2 Å². The van der Waals surface area contributed by atoms with Crippen molar-refractivity contribution in [2.24, 2.45) is 39.7 Å². The maximum Gasteiger partial charge on any atom is 0.139 e. The van der Waals surface area contributed by atoms with Crippen molar-refractivity contribution in [2.45, 2.75) is 65.2 Å². The molecule has 0 bridgehead atoms. The maximum atomic E-state index is 13.2. The van der Waals surface area contributed by atoms with E-state index in [1.165, 1.54) is 0 Å². The molecule has 0 aromatic rings. The van der Waals surface area contributed by atoms with Gasteiger partial charge in [-0.1, -0.05) is 19.0 Å². The summed E-state index contributed by atoms with van der Waals surface area (Å²) in [7, 11) is 1.90. The van der Waals surface area contributed by atoms with Gasteiger partial charge in [-0.25, -0.2) is 0 Å². The summed E-state index contributed by atoms with van der Waals surface area (Å²) in [5, 5.41) is 7.38. The first-order valence-corrected chi connectivity index (χ1v) is 10.8. The molecule has 0 heterocycles. The van der Waals surface area contributed by atoms with Gasteiger partial charge in [0, 0.05) is 30.7 Å². The molecule has 5 nitrogen and oxygen atoms in total. The van der Waals surface area contributed by atoms with Gasteiger partial charge in [0.15, 0.2) is 0 Å². The molecule has 6 atom stereocenters. The number of hydrogen-bond donors (Lipinski definition) is 1. The summed E-state index contributed by atoms with van der Waals surface area (Å²) in [5.74, 6) is 2.35. The van der Waals surface area contributed by atoms with Gasteiger partial charge in [-0.2, -0.15) is 0 Å². The number of fused-ring (bicyclic) bond motifs is 5. The lowest BCUT2D eigenvalue weighted by molar-refractivity contribution is -0.152. The molecule has 4 fully saturated rings. The van der Waals surface area contributed by atoms with Crippen molar-refractivity contribution >= 4 is 29.7 Å². The highest BCUT2D eigenvalue weighted by Crippen LogP contribution is 2.64. The second-order valence-electron chi connectivity index (χ2n) is 9.82. The number of Topliss-reactive ketones (excluding diaryl/α,β-unsaturated/α-hetero) is 2. The number of halogens is 1. The van der Waals surface area contributed by atoms with Gasteiger partial charge in [0.1, 0.15) is 18.2 Å². The maximum absolute atomic E-state index is 13.2. The molecule has 4 aliphatic carbocycles. The first-order valence-electron chi connectivity index (χ1n) is 10.8. The topological polar surface area (TPSA) is 67.8 Å². The first-order chi connectivity index (χ1) is 12.9. The Bertz CT molecular complexity index is 666. The highest BCUT2D eigenvalue weighted by molar-refractivity contribution is 5.93.